The summed E-state index contributed by atoms with van der Waals surface area (Å²) in [5, 5.41) is 23.8. The fourth-order valence-corrected chi connectivity index (χ4v) is 3.66. The highest BCUT2D eigenvalue weighted by molar-refractivity contribution is 5.91. The van der Waals surface area contributed by atoms with E-state index in [4.69, 9.17) is 0 Å². The van der Waals surface area contributed by atoms with Crippen molar-refractivity contribution < 1.29 is 10.0 Å². The number of hydrogen-bond donors (Lipinski definition) is 2. The molecule has 3 aromatic carbocycles. The second-order valence-electron chi connectivity index (χ2n) is 7.30. The van der Waals surface area contributed by atoms with E-state index >= 15 is 0 Å². The summed E-state index contributed by atoms with van der Waals surface area (Å²) in [5.74, 6) is -0.619. The summed E-state index contributed by atoms with van der Waals surface area (Å²) in [6, 6.07) is 15.6. The smallest absolute Gasteiger partial charge is 0.335 e. The number of nitrogens with one attached hydrogen (secondary N) is 1. The quantitative estimate of drug-likeness (QED) is 0.290. The first kappa shape index (κ1) is 20.7. The van der Waals surface area contributed by atoms with Crippen LogP contribution in [-0.2, 0) is 0 Å². The van der Waals surface area contributed by atoms with Crippen molar-refractivity contribution in [1.29, 1.82) is 0 Å². The highest BCUT2D eigenvalue weighted by atomic mass is 16.6. The van der Waals surface area contributed by atoms with Crippen LogP contribution in [0.4, 0.5) is 11.4 Å². The molecule has 4 aromatic rings. The van der Waals surface area contributed by atoms with E-state index in [2.05, 4.69) is 9.98 Å². The predicted octanol–water partition coefficient (Wildman–Crippen LogP) is 3.66. The number of H-pyrrole nitrogens is 1. The molecule has 9 heteroatoms. The van der Waals surface area contributed by atoms with Crippen LogP contribution in [0.3, 0.4) is 0 Å². The first-order valence-electron chi connectivity index (χ1n) is 9.64. The van der Waals surface area contributed by atoms with Gasteiger partial charge in [-0.25, -0.2) is 14.4 Å². The predicted molar refractivity (Wildman–Crippen MR) is 122 cm³/mol. The minimum atomic E-state index is -0.861. The lowest BCUT2D eigenvalue weighted by Crippen LogP contribution is -2.31. The van der Waals surface area contributed by atoms with Gasteiger partial charge in [-0.3, -0.25) is 19.9 Å². The van der Waals surface area contributed by atoms with Crippen LogP contribution < -0.4 is 11.2 Å². The number of nitrogens with zero attached hydrogens (tertiary/aromatic N) is 3. The third kappa shape index (κ3) is 3.56. The second kappa shape index (κ2) is 7.95. The summed E-state index contributed by atoms with van der Waals surface area (Å²) in [6.45, 7) is 3.39. The molecule has 0 unspecified atom stereocenters. The van der Waals surface area contributed by atoms with Crippen molar-refractivity contribution in [3.63, 3.8) is 0 Å². The number of fused-ring (bicyclic) bond motifs is 1. The Morgan fingerprint density at radius 3 is 2.56 bits per heavy atom. The lowest BCUT2D eigenvalue weighted by molar-refractivity contribution is -0.384. The normalized spacial score (nSPS) is 11.3. The Bertz CT molecular complexity index is 1530. The fraction of sp³-hybridized carbons (Fsp3) is 0.0870. The number of aromatic hydroxyl groups is 1. The van der Waals surface area contributed by atoms with Crippen LogP contribution in [0, 0.1) is 24.0 Å². The Hall–Kier alpha value is -4.53. The van der Waals surface area contributed by atoms with Gasteiger partial charge in [0.25, 0.3) is 11.2 Å². The third-order valence-corrected chi connectivity index (χ3v) is 5.07. The Balaban J connectivity index is 1.93. The summed E-state index contributed by atoms with van der Waals surface area (Å²) in [5.41, 5.74) is -0.552. The summed E-state index contributed by atoms with van der Waals surface area (Å²) >= 11 is 0. The van der Waals surface area contributed by atoms with Gasteiger partial charge in [-0.2, -0.15) is 0 Å². The molecule has 0 aliphatic heterocycles. The molecule has 9 nitrogen and oxygen atoms in total. The van der Waals surface area contributed by atoms with Gasteiger partial charge in [-0.1, -0.05) is 42.5 Å². The van der Waals surface area contributed by atoms with E-state index in [-0.39, 0.29) is 16.9 Å². The van der Waals surface area contributed by atoms with Crippen LogP contribution in [0.2, 0.25) is 0 Å². The number of benzene rings is 3. The van der Waals surface area contributed by atoms with Gasteiger partial charge in [-0.05, 0) is 36.4 Å². The fourth-order valence-electron chi connectivity index (χ4n) is 3.66. The summed E-state index contributed by atoms with van der Waals surface area (Å²) < 4.78 is 0.974. The lowest BCUT2D eigenvalue weighted by Gasteiger charge is -2.12. The monoisotopic (exact) mass is 430 g/mol. The minimum absolute atomic E-state index is 0.0577. The van der Waals surface area contributed by atoms with Gasteiger partial charge >= 0.3 is 5.69 Å². The number of aryl methyl sites for hydroxylation is 2. The highest BCUT2D eigenvalue weighted by Gasteiger charge is 2.19. The van der Waals surface area contributed by atoms with E-state index in [1.165, 1.54) is 6.07 Å². The van der Waals surface area contributed by atoms with Crippen LogP contribution in [0.5, 0.6) is 5.88 Å². The molecular weight excluding hydrogens is 412 g/mol. The topological polar surface area (TPSA) is 131 Å². The molecule has 0 saturated carbocycles. The zero-order valence-electron chi connectivity index (χ0n) is 17.2. The first-order valence-corrected chi connectivity index (χ1v) is 9.64. The maximum Gasteiger partial charge on any atom is 0.335 e. The third-order valence-electron chi connectivity index (χ3n) is 5.07. The molecule has 160 valence electrons. The molecule has 0 atom stereocenters. The zero-order chi connectivity index (χ0) is 23.0. The maximum atomic E-state index is 12.6. The van der Waals surface area contributed by atoms with Crippen LogP contribution in [0.1, 0.15) is 16.7 Å². The number of nitro benzene ring substituents is 1. The molecular formula is C23H18N4O5. The first-order chi connectivity index (χ1) is 15.3. The van der Waals surface area contributed by atoms with Crippen molar-refractivity contribution in [2.24, 2.45) is 4.99 Å². The average molecular weight is 430 g/mol. The van der Waals surface area contributed by atoms with Gasteiger partial charge < -0.3 is 5.11 Å². The van der Waals surface area contributed by atoms with Gasteiger partial charge in [0, 0.05) is 17.7 Å². The Morgan fingerprint density at radius 2 is 1.81 bits per heavy atom. The molecule has 0 aliphatic carbocycles. The van der Waals surface area contributed by atoms with E-state index < -0.39 is 22.1 Å². The van der Waals surface area contributed by atoms with Gasteiger partial charge in [-0.15, -0.1) is 0 Å². The van der Waals surface area contributed by atoms with Gasteiger partial charge in [0.1, 0.15) is 11.3 Å². The van der Waals surface area contributed by atoms with Crippen LogP contribution in [0.25, 0.3) is 16.5 Å². The van der Waals surface area contributed by atoms with Crippen molar-refractivity contribution in [1.82, 2.24) is 9.55 Å². The largest absolute Gasteiger partial charge is 0.493 e. The van der Waals surface area contributed by atoms with E-state index in [0.29, 0.717) is 22.2 Å². The molecule has 32 heavy (non-hydrogen) atoms. The van der Waals surface area contributed by atoms with Gasteiger partial charge in [0.05, 0.1) is 10.6 Å². The summed E-state index contributed by atoms with van der Waals surface area (Å²) in [6.07, 6.45) is 1.03. The molecule has 1 heterocycles. The van der Waals surface area contributed by atoms with Crippen molar-refractivity contribution in [2.75, 3.05) is 0 Å². The lowest BCUT2D eigenvalue weighted by atomic mass is 10.1. The van der Waals surface area contributed by atoms with Gasteiger partial charge in [0.15, 0.2) is 0 Å². The van der Waals surface area contributed by atoms with Crippen LogP contribution >= 0.6 is 0 Å². The molecule has 4 rings (SSSR count). The summed E-state index contributed by atoms with van der Waals surface area (Å²) in [4.78, 5) is 42.2. The maximum absolute atomic E-state index is 12.6. The molecule has 0 aliphatic rings. The number of rotatable bonds is 4. The molecule has 0 spiro atoms. The Kier molecular flexibility index (Phi) is 5.15. The number of aromatic nitrogens is 2. The number of hydrogen-bond acceptors (Lipinski definition) is 6. The second-order valence-corrected chi connectivity index (χ2v) is 7.30. The standard InChI is InChI=1S/C23H18N4O5/c1-13-10-14(2)20(19(11-13)27(31)32)24-12-17-21(28)25-23(30)26(22(17)29)18-9-5-7-15-6-3-4-8-16(15)18/h3-12,29H,1-2H3,(H,25,28,30). The van der Waals surface area contributed by atoms with E-state index in [0.717, 1.165) is 16.2 Å². The molecule has 0 bridgehead atoms. The molecule has 2 N–H and O–H groups in total. The molecule has 1 aromatic heterocycles. The average Bonchev–Trinajstić information content (AvgIpc) is 2.74. The summed E-state index contributed by atoms with van der Waals surface area (Å²) in [7, 11) is 0. The Morgan fingerprint density at radius 1 is 1.09 bits per heavy atom. The highest BCUT2D eigenvalue weighted by Crippen LogP contribution is 2.32. The van der Waals surface area contributed by atoms with Crippen molar-refractivity contribution in [3.8, 4) is 11.6 Å². The van der Waals surface area contributed by atoms with Crippen LogP contribution in [0.15, 0.2) is 69.2 Å². The van der Waals surface area contributed by atoms with Crippen molar-refractivity contribution in [2.45, 2.75) is 13.8 Å². The number of aromatic amines is 1. The Labute approximate surface area is 181 Å². The van der Waals surface area contributed by atoms with E-state index in [9.17, 15) is 24.8 Å². The number of aliphatic imine (C=N–C) groups is 1. The van der Waals surface area contributed by atoms with E-state index in [1.807, 2.05) is 18.2 Å². The molecule has 0 fully saturated rings. The molecule has 0 amide bonds. The van der Waals surface area contributed by atoms with E-state index in [1.54, 1.807) is 44.2 Å². The minimum Gasteiger partial charge on any atom is -0.493 e. The SMILES string of the molecule is Cc1cc(C)c(N=Cc2c(O)n(-c3cccc4ccccc34)c(=O)[nH]c2=O)c([N+](=O)[O-])c1. The van der Waals surface area contributed by atoms with Crippen LogP contribution in [-0.4, -0.2) is 25.8 Å². The molecule has 0 radical (unpaired) electrons. The zero-order valence-corrected chi connectivity index (χ0v) is 17.2. The molecule has 0 saturated heterocycles. The van der Waals surface area contributed by atoms with Gasteiger partial charge in [0.2, 0.25) is 5.88 Å². The number of nitro groups is 1. The van der Waals surface area contributed by atoms with Crippen molar-refractivity contribution in [3.05, 3.63) is 102 Å². The van der Waals surface area contributed by atoms with Crippen molar-refractivity contribution >= 4 is 28.4 Å².